The lowest BCUT2D eigenvalue weighted by Gasteiger charge is -2.09. The molecule has 1 aromatic rings. The number of primary amides is 1. The highest BCUT2D eigenvalue weighted by atomic mass is 16.5. The van der Waals surface area contributed by atoms with Crippen LogP contribution in [0.25, 0.3) is 0 Å². The molecule has 9 nitrogen and oxygen atoms in total. The average molecular weight is 322 g/mol. The summed E-state index contributed by atoms with van der Waals surface area (Å²) in [6, 6.07) is 4.77. The molecule has 0 unspecified atom stereocenters. The van der Waals surface area contributed by atoms with Crippen LogP contribution in [0.2, 0.25) is 0 Å². The Morgan fingerprint density at radius 1 is 1.26 bits per heavy atom. The Labute approximate surface area is 132 Å². The molecule has 0 atom stereocenters. The molecule has 3 amide bonds. The number of benzene rings is 1. The van der Waals surface area contributed by atoms with E-state index < -0.39 is 17.7 Å². The molecule has 9 heteroatoms. The van der Waals surface area contributed by atoms with E-state index in [0.29, 0.717) is 23.6 Å². The van der Waals surface area contributed by atoms with Crippen LogP contribution in [0.15, 0.2) is 23.3 Å². The predicted molar refractivity (Wildman–Crippen MR) is 82.1 cm³/mol. The van der Waals surface area contributed by atoms with Crippen LogP contribution in [0.1, 0.15) is 12.5 Å². The van der Waals surface area contributed by atoms with Gasteiger partial charge in [-0.1, -0.05) is 0 Å². The standard InChI is InChI=1S/C14H18N4O5/c1-3-16-13(20)14(21)18-17-7-9-4-5-10(11(6-9)22-2)23-8-12(15)19/h4-7H,3,8H2,1-2H3,(H2,15,19)(H,16,20)(H,18,21)/b17-7-. The van der Waals surface area contributed by atoms with Crippen molar-refractivity contribution in [3.63, 3.8) is 0 Å². The Hall–Kier alpha value is -3.10. The molecule has 0 aromatic heterocycles. The number of hydrogen-bond donors (Lipinski definition) is 3. The van der Waals surface area contributed by atoms with Crippen molar-refractivity contribution < 1.29 is 23.9 Å². The highest BCUT2D eigenvalue weighted by Crippen LogP contribution is 2.27. The van der Waals surface area contributed by atoms with E-state index in [1.165, 1.54) is 13.3 Å². The van der Waals surface area contributed by atoms with Crippen molar-refractivity contribution in [2.24, 2.45) is 10.8 Å². The smallest absolute Gasteiger partial charge is 0.329 e. The maximum absolute atomic E-state index is 11.3. The molecule has 0 heterocycles. The van der Waals surface area contributed by atoms with Crippen molar-refractivity contribution >= 4 is 23.9 Å². The van der Waals surface area contributed by atoms with Crippen molar-refractivity contribution in [2.75, 3.05) is 20.3 Å². The molecule has 1 rings (SSSR count). The normalized spacial score (nSPS) is 10.2. The Bertz CT molecular complexity index is 615. The predicted octanol–water partition coefficient (Wildman–Crippen LogP) is -0.854. The molecule has 23 heavy (non-hydrogen) atoms. The number of carbonyl (C=O) groups is 3. The largest absolute Gasteiger partial charge is 0.493 e. The quantitative estimate of drug-likeness (QED) is 0.341. The molecule has 0 aliphatic heterocycles. The number of nitrogens with one attached hydrogen (secondary N) is 2. The Kier molecular flexibility index (Phi) is 7.05. The zero-order valence-electron chi connectivity index (χ0n) is 12.8. The summed E-state index contributed by atoms with van der Waals surface area (Å²) in [5.41, 5.74) is 7.68. The van der Waals surface area contributed by atoms with Gasteiger partial charge in [0.05, 0.1) is 13.3 Å². The van der Waals surface area contributed by atoms with Crippen LogP contribution in [0, 0.1) is 0 Å². The Morgan fingerprint density at radius 3 is 2.61 bits per heavy atom. The van der Waals surface area contributed by atoms with Gasteiger partial charge >= 0.3 is 11.8 Å². The number of amides is 3. The Balaban J connectivity index is 2.70. The second kappa shape index (κ2) is 9.03. The van der Waals surface area contributed by atoms with E-state index in [1.54, 1.807) is 25.1 Å². The Morgan fingerprint density at radius 2 is 2.00 bits per heavy atom. The van der Waals surface area contributed by atoms with Crippen molar-refractivity contribution in [3.05, 3.63) is 23.8 Å². The molecule has 0 spiro atoms. The zero-order chi connectivity index (χ0) is 17.2. The minimum Gasteiger partial charge on any atom is -0.493 e. The van der Waals surface area contributed by atoms with Crippen LogP contribution >= 0.6 is 0 Å². The maximum Gasteiger partial charge on any atom is 0.329 e. The molecule has 1 aromatic carbocycles. The molecule has 0 aliphatic carbocycles. The fourth-order valence-electron chi connectivity index (χ4n) is 1.49. The first-order valence-corrected chi connectivity index (χ1v) is 6.68. The van der Waals surface area contributed by atoms with Gasteiger partial charge < -0.3 is 20.5 Å². The van der Waals surface area contributed by atoms with Gasteiger partial charge in [0.15, 0.2) is 18.1 Å². The summed E-state index contributed by atoms with van der Waals surface area (Å²) in [6.07, 6.45) is 1.33. The lowest BCUT2D eigenvalue weighted by atomic mass is 10.2. The molecule has 0 saturated heterocycles. The van der Waals surface area contributed by atoms with Gasteiger partial charge in [-0.05, 0) is 30.7 Å². The van der Waals surface area contributed by atoms with Crippen molar-refractivity contribution in [2.45, 2.75) is 6.92 Å². The van der Waals surface area contributed by atoms with Gasteiger partial charge in [0, 0.05) is 6.54 Å². The number of ether oxygens (including phenoxy) is 2. The summed E-state index contributed by atoms with van der Waals surface area (Å²) in [5.74, 6) is -1.53. The van der Waals surface area contributed by atoms with E-state index in [9.17, 15) is 14.4 Å². The molecule has 124 valence electrons. The number of hydrazone groups is 1. The summed E-state index contributed by atoms with van der Waals surface area (Å²) < 4.78 is 10.3. The van der Waals surface area contributed by atoms with Crippen molar-refractivity contribution in [1.29, 1.82) is 0 Å². The van der Waals surface area contributed by atoms with Gasteiger partial charge in [-0.2, -0.15) is 5.10 Å². The monoisotopic (exact) mass is 322 g/mol. The van der Waals surface area contributed by atoms with Gasteiger partial charge in [-0.25, -0.2) is 5.43 Å². The summed E-state index contributed by atoms with van der Waals surface area (Å²) in [4.78, 5) is 33.2. The molecule has 4 N–H and O–H groups in total. The van der Waals surface area contributed by atoms with Crippen LogP contribution in [-0.2, 0) is 14.4 Å². The maximum atomic E-state index is 11.3. The first kappa shape index (κ1) is 18.0. The minimum absolute atomic E-state index is 0.271. The molecule has 0 aliphatic rings. The van der Waals surface area contributed by atoms with Crippen LogP contribution in [-0.4, -0.2) is 44.2 Å². The van der Waals surface area contributed by atoms with Crippen LogP contribution in [0.4, 0.5) is 0 Å². The molecular formula is C14H18N4O5. The van der Waals surface area contributed by atoms with Gasteiger partial charge in [0.2, 0.25) is 0 Å². The van der Waals surface area contributed by atoms with Gasteiger partial charge in [-0.3, -0.25) is 14.4 Å². The molecule has 0 fully saturated rings. The first-order chi connectivity index (χ1) is 11.0. The third kappa shape index (κ3) is 6.04. The number of hydrogen-bond acceptors (Lipinski definition) is 6. The topological polar surface area (TPSA) is 132 Å². The zero-order valence-corrected chi connectivity index (χ0v) is 12.8. The van der Waals surface area contributed by atoms with Crippen LogP contribution < -0.4 is 25.9 Å². The van der Waals surface area contributed by atoms with Gasteiger partial charge in [0.25, 0.3) is 5.91 Å². The summed E-state index contributed by atoms with van der Waals surface area (Å²) >= 11 is 0. The number of methoxy groups -OCH3 is 1. The third-order valence-corrected chi connectivity index (χ3v) is 2.48. The number of nitrogens with zero attached hydrogens (tertiary/aromatic N) is 1. The number of rotatable bonds is 7. The van der Waals surface area contributed by atoms with Gasteiger partial charge in [-0.15, -0.1) is 0 Å². The van der Waals surface area contributed by atoms with E-state index >= 15 is 0 Å². The van der Waals surface area contributed by atoms with E-state index in [0.717, 1.165) is 0 Å². The number of carbonyl (C=O) groups excluding carboxylic acids is 3. The molecule has 0 radical (unpaired) electrons. The second-order valence-electron chi connectivity index (χ2n) is 4.22. The number of nitrogens with two attached hydrogens (primary N) is 1. The molecule has 0 bridgehead atoms. The summed E-state index contributed by atoms with van der Waals surface area (Å²) in [7, 11) is 1.43. The van der Waals surface area contributed by atoms with E-state index in [-0.39, 0.29) is 6.61 Å². The van der Waals surface area contributed by atoms with E-state index in [4.69, 9.17) is 15.2 Å². The SMILES string of the molecule is CCNC(=O)C(=O)N/N=C\c1ccc(OCC(N)=O)c(OC)c1. The van der Waals surface area contributed by atoms with E-state index in [2.05, 4.69) is 15.8 Å². The molecule has 0 saturated carbocycles. The average Bonchev–Trinajstić information content (AvgIpc) is 2.53. The molecular weight excluding hydrogens is 304 g/mol. The number of likely N-dealkylation sites (N-methyl/N-ethyl adjacent to an activating group) is 1. The highest BCUT2D eigenvalue weighted by molar-refractivity contribution is 6.35. The fraction of sp³-hybridized carbons (Fsp3) is 0.286. The third-order valence-electron chi connectivity index (χ3n) is 2.48. The van der Waals surface area contributed by atoms with E-state index in [1.807, 2.05) is 0 Å². The minimum atomic E-state index is -0.864. The van der Waals surface area contributed by atoms with Crippen LogP contribution in [0.3, 0.4) is 0 Å². The summed E-state index contributed by atoms with van der Waals surface area (Å²) in [5, 5.41) is 6.01. The second-order valence-corrected chi connectivity index (χ2v) is 4.22. The summed E-state index contributed by atoms with van der Waals surface area (Å²) in [6.45, 7) is 1.77. The lowest BCUT2D eigenvalue weighted by Crippen LogP contribution is -2.37. The van der Waals surface area contributed by atoms with Crippen molar-refractivity contribution in [1.82, 2.24) is 10.7 Å². The van der Waals surface area contributed by atoms with Crippen molar-refractivity contribution in [3.8, 4) is 11.5 Å². The van der Waals surface area contributed by atoms with Crippen LogP contribution in [0.5, 0.6) is 11.5 Å². The van der Waals surface area contributed by atoms with Gasteiger partial charge in [0.1, 0.15) is 0 Å². The highest BCUT2D eigenvalue weighted by Gasteiger charge is 2.10. The first-order valence-electron chi connectivity index (χ1n) is 6.68. The lowest BCUT2D eigenvalue weighted by molar-refractivity contribution is -0.139. The fourth-order valence-corrected chi connectivity index (χ4v) is 1.49.